The Morgan fingerprint density at radius 2 is 2.04 bits per heavy atom. The molecule has 132 valence electrons. The summed E-state index contributed by atoms with van der Waals surface area (Å²) in [7, 11) is 1.51. The van der Waals surface area contributed by atoms with Gasteiger partial charge >= 0.3 is 5.97 Å². The summed E-state index contributed by atoms with van der Waals surface area (Å²) in [6, 6.07) is 7.86. The molecule has 2 rings (SSSR count). The van der Waals surface area contributed by atoms with Gasteiger partial charge < -0.3 is 19.9 Å². The lowest BCUT2D eigenvalue weighted by molar-refractivity contribution is 0.0696. The minimum Gasteiger partial charge on any atom is -0.489 e. The summed E-state index contributed by atoms with van der Waals surface area (Å²) in [4.78, 5) is 27.9. The molecule has 0 saturated heterocycles. The van der Waals surface area contributed by atoms with Gasteiger partial charge in [0.05, 0.1) is 18.3 Å². The number of carbonyl (C=O) groups excluding carboxylic acids is 1. The predicted molar refractivity (Wildman–Crippen MR) is 92.1 cm³/mol. The quantitative estimate of drug-likeness (QED) is 0.801. The standard InChI is InChI=1S/C18H20N2O5/c1-11(2)25-15-5-4-6-19-16(15)17(21)20-14-8-12(10-24-3)7-13(9-14)18(22)23/h4-9,11H,10H2,1-3H3,(H,20,21)(H,22,23). The van der Waals surface area contributed by atoms with Gasteiger partial charge in [-0.3, -0.25) is 4.79 Å². The minimum atomic E-state index is -1.09. The van der Waals surface area contributed by atoms with Crippen LogP contribution in [0.25, 0.3) is 0 Å². The Kier molecular flexibility index (Phi) is 6.08. The Morgan fingerprint density at radius 1 is 1.28 bits per heavy atom. The van der Waals surface area contributed by atoms with E-state index in [2.05, 4.69) is 10.3 Å². The summed E-state index contributed by atoms with van der Waals surface area (Å²) in [5, 5.41) is 11.9. The summed E-state index contributed by atoms with van der Waals surface area (Å²) in [5.41, 5.74) is 1.17. The lowest BCUT2D eigenvalue weighted by Gasteiger charge is -2.14. The molecule has 25 heavy (non-hydrogen) atoms. The second-order valence-corrected chi connectivity index (χ2v) is 5.63. The summed E-state index contributed by atoms with van der Waals surface area (Å²) >= 11 is 0. The van der Waals surface area contributed by atoms with Gasteiger partial charge in [-0.05, 0) is 49.7 Å². The molecule has 0 aliphatic rings. The molecule has 0 aliphatic carbocycles. The minimum absolute atomic E-state index is 0.0597. The molecular formula is C18H20N2O5. The lowest BCUT2D eigenvalue weighted by atomic mass is 10.1. The first-order chi connectivity index (χ1) is 11.9. The van der Waals surface area contributed by atoms with E-state index >= 15 is 0 Å². The number of carboxylic acids is 1. The van der Waals surface area contributed by atoms with E-state index in [0.29, 0.717) is 17.0 Å². The number of aromatic nitrogens is 1. The Balaban J connectivity index is 2.30. The Morgan fingerprint density at radius 3 is 2.68 bits per heavy atom. The Labute approximate surface area is 145 Å². The topological polar surface area (TPSA) is 97.8 Å². The fraction of sp³-hybridized carbons (Fsp3) is 0.278. The van der Waals surface area contributed by atoms with Crippen LogP contribution in [0.15, 0.2) is 36.5 Å². The molecule has 2 N–H and O–H groups in total. The van der Waals surface area contributed by atoms with Crippen LogP contribution in [0.3, 0.4) is 0 Å². The maximum atomic E-state index is 12.5. The second kappa shape index (κ2) is 8.25. The number of nitrogens with zero attached hydrogens (tertiary/aromatic N) is 1. The van der Waals surface area contributed by atoms with Gasteiger partial charge in [-0.25, -0.2) is 9.78 Å². The number of anilines is 1. The van der Waals surface area contributed by atoms with Crippen molar-refractivity contribution in [3.8, 4) is 5.75 Å². The molecular weight excluding hydrogens is 324 g/mol. The number of benzene rings is 1. The molecule has 1 heterocycles. The van der Waals surface area contributed by atoms with Crippen LogP contribution < -0.4 is 10.1 Å². The van der Waals surface area contributed by atoms with Gasteiger partial charge in [-0.2, -0.15) is 0 Å². The van der Waals surface area contributed by atoms with Gasteiger partial charge in [0.15, 0.2) is 11.4 Å². The van der Waals surface area contributed by atoms with E-state index in [1.54, 1.807) is 18.2 Å². The van der Waals surface area contributed by atoms with Gasteiger partial charge in [0.2, 0.25) is 0 Å². The first-order valence-corrected chi connectivity index (χ1v) is 7.70. The highest BCUT2D eigenvalue weighted by atomic mass is 16.5. The van der Waals surface area contributed by atoms with E-state index < -0.39 is 11.9 Å². The Hall–Kier alpha value is -2.93. The first-order valence-electron chi connectivity index (χ1n) is 7.70. The maximum absolute atomic E-state index is 12.5. The molecule has 0 spiro atoms. The number of pyridine rings is 1. The molecule has 7 nitrogen and oxygen atoms in total. The van der Waals surface area contributed by atoms with Gasteiger partial charge in [0.1, 0.15) is 0 Å². The fourth-order valence-electron chi connectivity index (χ4n) is 2.24. The molecule has 0 bridgehead atoms. The third-order valence-corrected chi connectivity index (χ3v) is 3.16. The number of carboxylic acid groups (broad SMARTS) is 1. The van der Waals surface area contributed by atoms with Crippen LogP contribution >= 0.6 is 0 Å². The monoisotopic (exact) mass is 344 g/mol. The molecule has 0 fully saturated rings. The van der Waals surface area contributed by atoms with Crippen LogP contribution in [0.4, 0.5) is 5.69 Å². The van der Waals surface area contributed by atoms with Crippen molar-refractivity contribution in [2.75, 3.05) is 12.4 Å². The van der Waals surface area contributed by atoms with Crippen LogP contribution in [0.2, 0.25) is 0 Å². The predicted octanol–water partition coefficient (Wildman–Crippen LogP) is 2.97. The number of amides is 1. The average Bonchev–Trinajstić information content (AvgIpc) is 2.54. The highest BCUT2D eigenvalue weighted by Crippen LogP contribution is 2.21. The number of hydrogen-bond donors (Lipinski definition) is 2. The SMILES string of the molecule is COCc1cc(NC(=O)c2ncccc2OC(C)C)cc(C(=O)O)c1. The second-order valence-electron chi connectivity index (χ2n) is 5.63. The van der Waals surface area contributed by atoms with Gasteiger partial charge in [-0.1, -0.05) is 0 Å². The van der Waals surface area contributed by atoms with Crippen molar-refractivity contribution in [2.45, 2.75) is 26.6 Å². The van der Waals surface area contributed by atoms with Crippen LogP contribution in [0.5, 0.6) is 5.75 Å². The molecule has 0 saturated carbocycles. The average molecular weight is 344 g/mol. The van der Waals surface area contributed by atoms with Gasteiger partial charge in [-0.15, -0.1) is 0 Å². The molecule has 1 aromatic heterocycles. The zero-order valence-electron chi connectivity index (χ0n) is 14.3. The highest BCUT2D eigenvalue weighted by Gasteiger charge is 2.16. The molecule has 0 radical (unpaired) electrons. The normalized spacial score (nSPS) is 10.6. The molecule has 1 aromatic carbocycles. The summed E-state index contributed by atoms with van der Waals surface area (Å²) in [6.07, 6.45) is 1.38. The highest BCUT2D eigenvalue weighted by molar-refractivity contribution is 6.05. The van der Waals surface area contributed by atoms with Gasteiger partial charge in [0.25, 0.3) is 5.91 Å². The number of methoxy groups -OCH3 is 1. The molecule has 7 heteroatoms. The van der Waals surface area contributed by atoms with Crippen molar-refractivity contribution >= 4 is 17.6 Å². The Bertz CT molecular complexity index is 774. The number of aromatic carboxylic acids is 1. The van der Waals surface area contributed by atoms with E-state index in [9.17, 15) is 14.7 Å². The number of nitrogens with one attached hydrogen (secondary N) is 1. The van der Waals surface area contributed by atoms with E-state index in [-0.39, 0.29) is 24.0 Å². The van der Waals surface area contributed by atoms with Gasteiger partial charge in [0, 0.05) is 19.0 Å². The van der Waals surface area contributed by atoms with Crippen molar-refractivity contribution in [3.05, 3.63) is 53.3 Å². The molecule has 0 atom stereocenters. The number of carbonyl (C=O) groups is 2. The number of hydrogen-bond acceptors (Lipinski definition) is 5. The summed E-state index contributed by atoms with van der Waals surface area (Å²) in [5.74, 6) is -1.21. The van der Waals surface area contributed by atoms with Crippen molar-refractivity contribution < 1.29 is 24.2 Å². The van der Waals surface area contributed by atoms with Crippen LogP contribution in [-0.4, -0.2) is 35.2 Å². The summed E-state index contributed by atoms with van der Waals surface area (Å²) < 4.78 is 10.6. The van der Waals surface area contributed by atoms with E-state index in [1.165, 1.54) is 25.4 Å². The maximum Gasteiger partial charge on any atom is 0.335 e. The zero-order chi connectivity index (χ0) is 18.4. The van der Waals surface area contributed by atoms with E-state index in [4.69, 9.17) is 9.47 Å². The van der Waals surface area contributed by atoms with Crippen LogP contribution in [0.1, 0.15) is 40.3 Å². The molecule has 0 unspecified atom stereocenters. The molecule has 2 aromatic rings. The van der Waals surface area contributed by atoms with Crippen LogP contribution in [-0.2, 0) is 11.3 Å². The smallest absolute Gasteiger partial charge is 0.335 e. The number of ether oxygens (including phenoxy) is 2. The van der Waals surface area contributed by atoms with Crippen LogP contribution in [0, 0.1) is 0 Å². The van der Waals surface area contributed by atoms with Crippen molar-refractivity contribution in [3.63, 3.8) is 0 Å². The lowest BCUT2D eigenvalue weighted by Crippen LogP contribution is -2.17. The number of rotatable bonds is 7. The third-order valence-electron chi connectivity index (χ3n) is 3.16. The van der Waals surface area contributed by atoms with E-state index in [1.807, 2.05) is 13.8 Å². The fourth-order valence-corrected chi connectivity index (χ4v) is 2.24. The van der Waals surface area contributed by atoms with E-state index in [0.717, 1.165) is 0 Å². The largest absolute Gasteiger partial charge is 0.489 e. The van der Waals surface area contributed by atoms with Crippen molar-refractivity contribution in [1.29, 1.82) is 0 Å². The summed E-state index contributed by atoms with van der Waals surface area (Å²) in [6.45, 7) is 3.93. The van der Waals surface area contributed by atoms with Crippen molar-refractivity contribution in [2.24, 2.45) is 0 Å². The first kappa shape index (κ1) is 18.4. The third kappa shape index (κ3) is 5.02. The molecule has 1 amide bonds. The molecule has 0 aliphatic heterocycles. The van der Waals surface area contributed by atoms with Crippen molar-refractivity contribution in [1.82, 2.24) is 4.98 Å². The zero-order valence-corrected chi connectivity index (χ0v) is 14.3.